The number of aromatic amines is 1. The lowest BCUT2D eigenvalue weighted by molar-refractivity contribution is -0.122. The van der Waals surface area contributed by atoms with Crippen LogP contribution in [0.1, 0.15) is 31.3 Å². The third kappa shape index (κ3) is 4.83. The number of nitrogens with zero attached hydrogens (tertiary/aromatic N) is 2. The summed E-state index contributed by atoms with van der Waals surface area (Å²) in [5.74, 6) is -0.512. The summed E-state index contributed by atoms with van der Waals surface area (Å²) in [5, 5.41) is 10.3. The van der Waals surface area contributed by atoms with Crippen LogP contribution >= 0.6 is 11.6 Å². The fourth-order valence-electron chi connectivity index (χ4n) is 2.15. The van der Waals surface area contributed by atoms with Crippen molar-refractivity contribution in [3.63, 3.8) is 0 Å². The van der Waals surface area contributed by atoms with Crippen molar-refractivity contribution in [1.29, 1.82) is 0 Å². The van der Waals surface area contributed by atoms with E-state index in [-0.39, 0.29) is 23.9 Å². The molecule has 1 heterocycles. The van der Waals surface area contributed by atoms with Crippen molar-refractivity contribution >= 4 is 23.4 Å². The fraction of sp³-hybridized carbons (Fsp3) is 0.353. The number of amides is 2. The number of halogens is 1. The summed E-state index contributed by atoms with van der Waals surface area (Å²) in [6.07, 6.45) is 0. The quantitative estimate of drug-likeness (QED) is 0.891. The van der Waals surface area contributed by atoms with Gasteiger partial charge in [-0.3, -0.25) is 14.7 Å². The molecule has 2 N–H and O–H groups in total. The van der Waals surface area contributed by atoms with Gasteiger partial charge in [-0.1, -0.05) is 23.7 Å². The minimum Gasteiger partial charge on any atom is -0.350 e. The van der Waals surface area contributed by atoms with Gasteiger partial charge in [0, 0.05) is 23.2 Å². The van der Waals surface area contributed by atoms with Crippen molar-refractivity contribution in [2.75, 3.05) is 13.6 Å². The van der Waals surface area contributed by atoms with Crippen LogP contribution in [0.4, 0.5) is 0 Å². The standard InChI is InChI=1S/C17H21ClN4O2/c1-17(2,3)19-15(23)10-22(4)16(24)14-9-13(20-21-14)11-5-7-12(18)8-6-11/h5-9H,10H2,1-4H3,(H,19,23)(H,20,21). The molecule has 2 amide bonds. The molecular formula is C17H21ClN4O2. The van der Waals surface area contributed by atoms with E-state index in [0.29, 0.717) is 16.4 Å². The molecule has 2 rings (SSSR count). The molecule has 2 aromatic rings. The zero-order valence-electron chi connectivity index (χ0n) is 14.2. The largest absolute Gasteiger partial charge is 0.350 e. The van der Waals surface area contributed by atoms with Crippen LogP contribution in [0.3, 0.4) is 0 Å². The lowest BCUT2D eigenvalue weighted by atomic mass is 10.1. The number of likely N-dealkylation sites (N-methyl/N-ethyl adjacent to an activating group) is 1. The summed E-state index contributed by atoms with van der Waals surface area (Å²) in [6.45, 7) is 5.64. The molecule has 0 unspecified atom stereocenters. The topological polar surface area (TPSA) is 78.1 Å². The normalized spacial score (nSPS) is 11.2. The number of rotatable bonds is 4. The van der Waals surface area contributed by atoms with Gasteiger partial charge >= 0.3 is 0 Å². The monoisotopic (exact) mass is 348 g/mol. The molecule has 0 aliphatic heterocycles. The van der Waals surface area contributed by atoms with Crippen molar-refractivity contribution in [3.05, 3.63) is 41.0 Å². The number of carbonyl (C=O) groups excluding carboxylic acids is 2. The molecular weight excluding hydrogens is 328 g/mol. The van der Waals surface area contributed by atoms with Crippen LogP contribution in [0.2, 0.25) is 5.02 Å². The first-order valence-electron chi connectivity index (χ1n) is 7.53. The Morgan fingerprint density at radius 2 is 1.88 bits per heavy atom. The molecule has 1 aromatic heterocycles. The molecule has 0 atom stereocenters. The number of hydrogen-bond donors (Lipinski definition) is 2. The van der Waals surface area contributed by atoms with Crippen molar-refractivity contribution in [2.24, 2.45) is 0 Å². The highest BCUT2D eigenvalue weighted by molar-refractivity contribution is 6.30. The van der Waals surface area contributed by atoms with E-state index in [9.17, 15) is 9.59 Å². The van der Waals surface area contributed by atoms with E-state index in [1.807, 2.05) is 32.9 Å². The first kappa shape index (κ1) is 18.0. The van der Waals surface area contributed by atoms with Crippen LogP contribution < -0.4 is 5.32 Å². The maximum Gasteiger partial charge on any atom is 0.272 e. The Kier molecular flexibility index (Phi) is 5.29. The van der Waals surface area contributed by atoms with E-state index in [1.165, 1.54) is 4.90 Å². The van der Waals surface area contributed by atoms with Gasteiger partial charge in [0.1, 0.15) is 5.69 Å². The van der Waals surface area contributed by atoms with E-state index in [0.717, 1.165) is 5.56 Å². The van der Waals surface area contributed by atoms with Crippen LogP contribution in [0.5, 0.6) is 0 Å². The summed E-state index contributed by atoms with van der Waals surface area (Å²) in [6, 6.07) is 8.83. The van der Waals surface area contributed by atoms with Crippen molar-refractivity contribution in [1.82, 2.24) is 20.4 Å². The van der Waals surface area contributed by atoms with E-state index in [1.54, 1.807) is 25.2 Å². The van der Waals surface area contributed by atoms with Crippen LogP contribution in [-0.4, -0.2) is 46.0 Å². The van der Waals surface area contributed by atoms with Crippen LogP contribution in [0.15, 0.2) is 30.3 Å². The lowest BCUT2D eigenvalue weighted by Crippen LogP contribution is -2.46. The van der Waals surface area contributed by atoms with E-state index >= 15 is 0 Å². The molecule has 0 radical (unpaired) electrons. The zero-order valence-corrected chi connectivity index (χ0v) is 14.9. The highest BCUT2D eigenvalue weighted by atomic mass is 35.5. The minimum absolute atomic E-state index is 0.0224. The smallest absolute Gasteiger partial charge is 0.272 e. The van der Waals surface area contributed by atoms with Crippen molar-refractivity contribution in [2.45, 2.75) is 26.3 Å². The Balaban J connectivity index is 2.05. The second kappa shape index (κ2) is 7.05. The molecule has 128 valence electrons. The molecule has 1 aromatic carbocycles. The van der Waals surface area contributed by atoms with Gasteiger partial charge in [-0.2, -0.15) is 5.10 Å². The van der Waals surface area contributed by atoms with Gasteiger partial charge in [0.2, 0.25) is 5.91 Å². The molecule has 0 saturated heterocycles. The fourth-order valence-corrected chi connectivity index (χ4v) is 2.28. The average molecular weight is 349 g/mol. The second-order valence-electron chi connectivity index (χ2n) is 6.63. The lowest BCUT2D eigenvalue weighted by Gasteiger charge is -2.23. The minimum atomic E-state index is -0.337. The first-order valence-corrected chi connectivity index (χ1v) is 7.91. The van der Waals surface area contributed by atoms with Crippen molar-refractivity contribution < 1.29 is 9.59 Å². The number of nitrogens with one attached hydrogen (secondary N) is 2. The highest BCUT2D eigenvalue weighted by Crippen LogP contribution is 2.20. The molecule has 0 fully saturated rings. The summed E-state index contributed by atoms with van der Waals surface area (Å²) in [4.78, 5) is 25.7. The molecule has 6 nitrogen and oxygen atoms in total. The van der Waals surface area contributed by atoms with Gasteiger partial charge in [-0.25, -0.2) is 0 Å². The van der Waals surface area contributed by atoms with Gasteiger partial charge in [0.15, 0.2) is 0 Å². The zero-order chi connectivity index (χ0) is 17.9. The molecule has 0 spiro atoms. The number of benzene rings is 1. The van der Waals surface area contributed by atoms with E-state index < -0.39 is 0 Å². The maximum atomic E-state index is 12.4. The van der Waals surface area contributed by atoms with E-state index in [4.69, 9.17) is 11.6 Å². The Bertz CT molecular complexity index is 732. The van der Waals surface area contributed by atoms with Gasteiger partial charge in [0.25, 0.3) is 5.91 Å². The molecule has 0 bridgehead atoms. The third-order valence-corrected chi connectivity index (χ3v) is 3.44. The van der Waals surface area contributed by atoms with Crippen LogP contribution in [-0.2, 0) is 4.79 Å². The predicted octanol–water partition coefficient (Wildman–Crippen LogP) is 2.72. The maximum absolute atomic E-state index is 12.4. The Hall–Kier alpha value is -2.34. The molecule has 7 heteroatoms. The van der Waals surface area contributed by atoms with Gasteiger partial charge in [0.05, 0.1) is 12.2 Å². The average Bonchev–Trinajstić information content (AvgIpc) is 2.94. The number of aromatic nitrogens is 2. The van der Waals surface area contributed by atoms with E-state index in [2.05, 4.69) is 15.5 Å². The third-order valence-electron chi connectivity index (χ3n) is 3.19. The number of hydrogen-bond acceptors (Lipinski definition) is 3. The molecule has 0 saturated carbocycles. The summed E-state index contributed by atoms with van der Waals surface area (Å²) in [5.41, 5.74) is 1.48. The highest BCUT2D eigenvalue weighted by Gasteiger charge is 2.20. The summed E-state index contributed by atoms with van der Waals surface area (Å²) < 4.78 is 0. The van der Waals surface area contributed by atoms with Gasteiger partial charge in [-0.05, 0) is 39.0 Å². The Labute approximate surface area is 146 Å². The van der Waals surface area contributed by atoms with Crippen LogP contribution in [0, 0.1) is 0 Å². The molecule has 24 heavy (non-hydrogen) atoms. The second-order valence-corrected chi connectivity index (χ2v) is 7.07. The summed E-state index contributed by atoms with van der Waals surface area (Å²) >= 11 is 5.86. The molecule has 0 aliphatic carbocycles. The van der Waals surface area contributed by atoms with Gasteiger partial charge < -0.3 is 10.2 Å². The number of carbonyl (C=O) groups is 2. The Morgan fingerprint density at radius 1 is 1.25 bits per heavy atom. The Morgan fingerprint density at radius 3 is 2.46 bits per heavy atom. The van der Waals surface area contributed by atoms with Crippen LogP contribution in [0.25, 0.3) is 11.3 Å². The molecule has 0 aliphatic rings. The van der Waals surface area contributed by atoms with Crippen molar-refractivity contribution in [3.8, 4) is 11.3 Å². The predicted molar refractivity (Wildman–Crippen MR) is 93.9 cm³/mol. The number of H-pyrrole nitrogens is 1. The summed E-state index contributed by atoms with van der Waals surface area (Å²) in [7, 11) is 1.58. The van der Waals surface area contributed by atoms with Gasteiger partial charge in [-0.15, -0.1) is 0 Å². The SMILES string of the molecule is CN(CC(=O)NC(C)(C)C)C(=O)c1cc(-c2ccc(Cl)cc2)n[nH]1. The first-order chi connectivity index (χ1) is 11.2.